The van der Waals surface area contributed by atoms with Gasteiger partial charge in [0.1, 0.15) is 0 Å². The van der Waals surface area contributed by atoms with Gasteiger partial charge in [0, 0.05) is 36.1 Å². The second kappa shape index (κ2) is 10.5. The molecule has 1 heterocycles. The molecule has 6 nitrogen and oxygen atoms in total. The summed E-state index contributed by atoms with van der Waals surface area (Å²) in [4.78, 5) is 27.4. The Morgan fingerprint density at radius 3 is 2.39 bits per heavy atom. The zero-order valence-electron chi connectivity index (χ0n) is 20.4. The van der Waals surface area contributed by atoms with Gasteiger partial charge in [-0.2, -0.15) is 5.10 Å². The number of nitrogens with one attached hydrogen (secondary N) is 1. The molecular weight excluding hydrogens is 412 g/mol. The number of carbonyl (C=O) groups excluding carboxylic acids is 2. The molecule has 1 N–H and O–H groups in total. The van der Waals surface area contributed by atoms with E-state index in [0.29, 0.717) is 23.6 Å². The van der Waals surface area contributed by atoms with E-state index in [-0.39, 0.29) is 17.9 Å². The standard InChI is InChI=1S/C27H34N4O2/c1-18(2)17-31-21(5)25(19(3)29-31)16-26(32)30(6)20(4)23-13-10-14-24(15-23)28-27(33)22-11-8-7-9-12-22/h7-15,18,20H,16-17H2,1-6H3,(H,28,33)/t20-/m0/s1. The molecule has 0 aliphatic carbocycles. The van der Waals surface area contributed by atoms with Crippen molar-refractivity contribution in [2.75, 3.05) is 12.4 Å². The number of aryl methyl sites for hydroxylation is 1. The molecule has 0 saturated carbocycles. The summed E-state index contributed by atoms with van der Waals surface area (Å²) in [6.07, 6.45) is 0.320. The normalized spacial score (nSPS) is 12.0. The SMILES string of the molecule is Cc1nn(CC(C)C)c(C)c1CC(=O)N(C)[C@@H](C)c1cccc(NC(=O)c2ccccc2)c1. The first-order valence-electron chi connectivity index (χ1n) is 11.4. The van der Waals surface area contributed by atoms with Crippen molar-refractivity contribution in [1.29, 1.82) is 0 Å². The van der Waals surface area contributed by atoms with E-state index in [9.17, 15) is 9.59 Å². The number of likely N-dealkylation sites (N-methyl/N-ethyl adjacent to an activating group) is 1. The maximum Gasteiger partial charge on any atom is 0.255 e. The second-order valence-corrected chi connectivity index (χ2v) is 9.03. The Hall–Kier alpha value is -3.41. The highest BCUT2D eigenvalue weighted by Gasteiger charge is 2.22. The van der Waals surface area contributed by atoms with Crippen LogP contribution in [0.5, 0.6) is 0 Å². The van der Waals surface area contributed by atoms with Crippen molar-refractivity contribution in [3.8, 4) is 0 Å². The van der Waals surface area contributed by atoms with E-state index in [2.05, 4.69) is 24.3 Å². The first-order valence-corrected chi connectivity index (χ1v) is 11.4. The third-order valence-electron chi connectivity index (χ3n) is 6.03. The molecule has 33 heavy (non-hydrogen) atoms. The van der Waals surface area contributed by atoms with Gasteiger partial charge >= 0.3 is 0 Å². The molecule has 1 aromatic heterocycles. The minimum absolute atomic E-state index is 0.0384. The number of nitrogens with zero attached hydrogens (tertiary/aromatic N) is 3. The second-order valence-electron chi connectivity index (χ2n) is 9.03. The predicted molar refractivity (Wildman–Crippen MR) is 132 cm³/mol. The molecule has 1 atom stereocenters. The van der Waals surface area contributed by atoms with Gasteiger partial charge in [-0.3, -0.25) is 14.3 Å². The lowest BCUT2D eigenvalue weighted by Crippen LogP contribution is -2.31. The first-order chi connectivity index (χ1) is 15.7. The van der Waals surface area contributed by atoms with Gasteiger partial charge in [0.25, 0.3) is 5.91 Å². The first kappa shape index (κ1) is 24.2. The van der Waals surface area contributed by atoms with Gasteiger partial charge in [-0.1, -0.05) is 44.2 Å². The lowest BCUT2D eigenvalue weighted by molar-refractivity contribution is -0.131. The van der Waals surface area contributed by atoms with E-state index in [1.807, 2.05) is 75.0 Å². The van der Waals surface area contributed by atoms with E-state index >= 15 is 0 Å². The van der Waals surface area contributed by atoms with Crippen LogP contribution >= 0.6 is 0 Å². The van der Waals surface area contributed by atoms with Crippen LogP contribution in [0.15, 0.2) is 54.6 Å². The van der Waals surface area contributed by atoms with Crippen molar-refractivity contribution >= 4 is 17.5 Å². The fraction of sp³-hybridized carbons (Fsp3) is 0.370. The fourth-order valence-electron chi connectivity index (χ4n) is 3.90. The molecule has 0 spiro atoms. The average Bonchev–Trinajstić information content (AvgIpc) is 3.05. The molecule has 174 valence electrons. The fourth-order valence-corrected chi connectivity index (χ4v) is 3.90. The molecule has 2 amide bonds. The summed E-state index contributed by atoms with van der Waals surface area (Å²) in [7, 11) is 1.82. The molecule has 0 unspecified atom stereocenters. The number of benzene rings is 2. The number of amides is 2. The largest absolute Gasteiger partial charge is 0.339 e. The van der Waals surface area contributed by atoms with Crippen LogP contribution in [0.4, 0.5) is 5.69 Å². The van der Waals surface area contributed by atoms with Crippen molar-refractivity contribution in [2.45, 2.75) is 53.6 Å². The van der Waals surface area contributed by atoms with Crippen LogP contribution in [-0.2, 0) is 17.8 Å². The van der Waals surface area contributed by atoms with Crippen molar-refractivity contribution < 1.29 is 9.59 Å². The van der Waals surface area contributed by atoms with E-state index in [1.54, 1.807) is 17.0 Å². The topological polar surface area (TPSA) is 67.2 Å². The monoisotopic (exact) mass is 446 g/mol. The number of hydrogen-bond acceptors (Lipinski definition) is 3. The van der Waals surface area contributed by atoms with E-state index in [0.717, 1.165) is 29.1 Å². The Morgan fingerprint density at radius 1 is 1.03 bits per heavy atom. The van der Waals surface area contributed by atoms with Gasteiger partial charge in [-0.25, -0.2) is 0 Å². The lowest BCUT2D eigenvalue weighted by atomic mass is 10.0. The van der Waals surface area contributed by atoms with Gasteiger partial charge < -0.3 is 10.2 Å². The van der Waals surface area contributed by atoms with Crippen molar-refractivity contribution in [1.82, 2.24) is 14.7 Å². The molecule has 0 aliphatic heterocycles. The molecular formula is C27H34N4O2. The number of carbonyl (C=O) groups is 2. The zero-order chi connectivity index (χ0) is 24.1. The van der Waals surface area contributed by atoms with Gasteiger partial charge in [0.05, 0.1) is 18.2 Å². The Labute approximate surface area is 196 Å². The number of hydrogen-bond donors (Lipinski definition) is 1. The highest BCUT2D eigenvalue weighted by atomic mass is 16.2. The van der Waals surface area contributed by atoms with Crippen LogP contribution in [0.25, 0.3) is 0 Å². The van der Waals surface area contributed by atoms with E-state index < -0.39 is 0 Å². The van der Waals surface area contributed by atoms with Crippen molar-refractivity contribution in [3.63, 3.8) is 0 Å². The molecule has 0 radical (unpaired) electrons. The van der Waals surface area contributed by atoms with Crippen LogP contribution in [-0.4, -0.2) is 33.5 Å². The minimum Gasteiger partial charge on any atom is -0.339 e. The smallest absolute Gasteiger partial charge is 0.255 e. The van der Waals surface area contributed by atoms with E-state index in [1.165, 1.54) is 0 Å². The van der Waals surface area contributed by atoms with Crippen LogP contribution < -0.4 is 5.32 Å². The molecule has 3 rings (SSSR count). The molecule has 0 aliphatic rings. The molecule has 6 heteroatoms. The Kier molecular flexibility index (Phi) is 7.69. The quantitative estimate of drug-likeness (QED) is 0.519. The average molecular weight is 447 g/mol. The maximum atomic E-state index is 13.1. The van der Waals surface area contributed by atoms with Crippen molar-refractivity contribution in [3.05, 3.63) is 82.7 Å². The zero-order valence-corrected chi connectivity index (χ0v) is 20.4. The number of aromatic nitrogens is 2. The summed E-state index contributed by atoms with van der Waals surface area (Å²) in [6.45, 7) is 11.2. The Balaban J connectivity index is 1.70. The molecule has 0 bridgehead atoms. The summed E-state index contributed by atoms with van der Waals surface area (Å²) < 4.78 is 2.00. The highest BCUT2D eigenvalue weighted by Crippen LogP contribution is 2.24. The van der Waals surface area contributed by atoms with Gasteiger partial charge in [-0.15, -0.1) is 0 Å². The maximum absolute atomic E-state index is 13.1. The molecule has 0 fully saturated rings. The van der Waals surface area contributed by atoms with Crippen molar-refractivity contribution in [2.24, 2.45) is 5.92 Å². The number of rotatable bonds is 8. The van der Waals surface area contributed by atoms with E-state index in [4.69, 9.17) is 0 Å². The summed E-state index contributed by atoms with van der Waals surface area (Å²) in [5.41, 5.74) is 5.24. The molecule has 3 aromatic rings. The van der Waals surface area contributed by atoms with Crippen LogP contribution in [0.1, 0.15) is 59.7 Å². The summed E-state index contributed by atoms with van der Waals surface area (Å²) in [5, 5.41) is 7.58. The van der Waals surface area contributed by atoms with Gasteiger partial charge in [-0.05, 0) is 56.5 Å². The van der Waals surface area contributed by atoms with Crippen LogP contribution in [0.2, 0.25) is 0 Å². The minimum atomic E-state index is -0.158. The summed E-state index contributed by atoms with van der Waals surface area (Å²) >= 11 is 0. The van der Waals surface area contributed by atoms with Gasteiger partial charge in [0.15, 0.2) is 0 Å². The highest BCUT2D eigenvalue weighted by molar-refractivity contribution is 6.04. The predicted octanol–water partition coefficient (Wildman–Crippen LogP) is 5.17. The third kappa shape index (κ3) is 5.89. The van der Waals surface area contributed by atoms with Crippen LogP contribution in [0, 0.1) is 19.8 Å². The summed E-state index contributed by atoms with van der Waals surface area (Å²) in [5.74, 6) is 0.370. The van der Waals surface area contributed by atoms with Crippen LogP contribution in [0.3, 0.4) is 0 Å². The van der Waals surface area contributed by atoms with Gasteiger partial charge in [0.2, 0.25) is 5.91 Å². The molecule has 0 saturated heterocycles. The lowest BCUT2D eigenvalue weighted by Gasteiger charge is -2.26. The molecule has 2 aromatic carbocycles. The third-order valence-corrected chi connectivity index (χ3v) is 6.03. The Morgan fingerprint density at radius 2 is 1.73 bits per heavy atom. The number of anilines is 1. The Bertz CT molecular complexity index is 1120. The summed E-state index contributed by atoms with van der Waals surface area (Å²) in [6, 6.07) is 16.6.